The van der Waals surface area contributed by atoms with Gasteiger partial charge in [0.2, 0.25) is 11.8 Å². The second kappa shape index (κ2) is 5.89. The van der Waals surface area contributed by atoms with E-state index in [9.17, 15) is 9.59 Å². The largest absolute Gasteiger partial charge is 0.277 e. The molecule has 0 aromatic heterocycles. The van der Waals surface area contributed by atoms with E-state index in [4.69, 9.17) is 5.10 Å². The molecule has 6 nitrogen and oxygen atoms in total. The number of fused-ring (bicyclic) bond motifs is 1. The summed E-state index contributed by atoms with van der Waals surface area (Å²) in [6.07, 6.45) is 3.93. The summed E-state index contributed by atoms with van der Waals surface area (Å²) in [7, 11) is 0. The molecular formula is C21H25BrN4O2. The Labute approximate surface area is 173 Å². The Balaban J connectivity index is 1.60. The molecule has 7 heteroatoms. The van der Waals surface area contributed by atoms with Gasteiger partial charge < -0.3 is 0 Å². The van der Waals surface area contributed by atoms with E-state index in [2.05, 4.69) is 20.9 Å². The van der Waals surface area contributed by atoms with E-state index in [1.54, 1.807) is 0 Å². The van der Waals surface area contributed by atoms with Crippen LogP contribution in [0.5, 0.6) is 0 Å². The number of hydrogen-bond acceptors (Lipinski definition) is 5. The summed E-state index contributed by atoms with van der Waals surface area (Å²) in [6, 6.07) is 8.05. The summed E-state index contributed by atoms with van der Waals surface area (Å²) in [5.74, 6) is -0.642. The SMILES string of the molecule is CC(C)(C)N1C(=O)[C@H]2CN3N(c4ccc(Br)cc4)N=C4CCCC[C@]43[C@H]2C1=O. The van der Waals surface area contributed by atoms with E-state index in [1.807, 2.05) is 50.2 Å². The van der Waals surface area contributed by atoms with Gasteiger partial charge in [-0.05, 0) is 64.3 Å². The van der Waals surface area contributed by atoms with Crippen molar-refractivity contribution in [2.75, 3.05) is 11.7 Å². The summed E-state index contributed by atoms with van der Waals surface area (Å²) in [5, 5.41) is 9.14. The van der Waals surface area contributed by atoms with Crippen LogP contribution < -0.4 is 5.12 Å². The van der Waals surface area contributed by atoms with Gasteiger partial charge in [0.15, 0.2) is 0 Å². The van der Waals surface area contributed by atoms with Gasteiger partial charge in [-0.2, -0.15) is 15.2 Å². The maximum atomic E-state index is 13.5. The van der Waals surface area contributed by atoms with Crippen LogP contribution in [0.3, 0.4) is 0 Å². The number of carbonyl (C=O) groups is 2. The minimum Gasteiger partial charge on any atom is -0.277 e. The van der Waals surface area contributed by atoms with Crippen molar-refractivity contribution in [1.82, 2.24) is 9.91 Å². The van der Waals surface area contributed by atoms with Gasteiger partial charge in [0.05, 0.1) is 28.8 Å². The highest BCUT2D eigenvalue weighted by molar-refractivity contribution is 9.10. The molecule has 3 fully saturated rings. The first-order valence-corrected chi connectivity index (χ1v) is 10.8. The lowest BCUT2D eigenvalue weighted by molar-refractivity contribution is -0.147. The fourth-order valence-corrected chi connectivity index (χ4v) is 5.87. The van der Waals surface area contributed by atoms with Crippen LogP contribution in [0.2, 0.25) is 0 Å². The summed E-state index contributed by atoms with van der Waals surface area (Å²) in [5.41, 5.74) is 1.11. The van der Waals surface area contributed by atoms with E-state index in [0.717, 1.165) is 41.6 Å². The maximum Gasteiger partial charge on any atom is 0.235 e. The molecule has 0 N–H and O–H groups in total. The fourth-order valence-electron chi connectivity index (χ4n) is 5.60. The van der Waals surface area contributed by atoms with Crippen molar-refractivity contribution in [3.05, 3.63) is 28.7 Å². The zero-order valence-corrected chi connectivity index (χ0v) is 18.1. The van der Waals surface area contributed by atoms with Crippen molar-refractivity contribution in [2.24, 2.45) is 16.9 Å². The highest BCUT2D eigenvalue weighted by Gasteiger charge is 2.71. The molecule has 1 spiro atoms. The number of hydrazine groups is 1. The van der Waals surface area contributed by atoms with Gasteiger partial charge in [0.1, 0.15) is 0 Å². The third kappa shape index (κ3) is 2.26. The molecule has 2 saturated heterocycles. The van der Waals surface area contributed by atoms with E-state index >= 15 is 0 Å². The smallest absolute Gasteiger partial charge is 0.235 e. The Morgan fingerprint density at radius 1 is 1.11 bits per heavy atom. The third-order valence-electron chi connectivity index (χ3n) is 6.66. The molecule has 3 heterocycles. The third-order valence-corrected chi connectivity index (χ3v) is 7.19. The molecule has 3 atom stereocenters. The lowest BCUT2D eigenvalue weighted by Crippen LogP contribution is -2.58. The Morgan fingerprint density at radius 3 is 2.50 bits per heavy atom. The standard InChI is InChI=1S/C21H25BrN4O2/c1-20(2,3)25-18(27)15-12-24-21(17(15)19(25)28)11-5-4-6-16(21)23-26(24)14-9-7-13(22)8-10-14/h7-10,15,17H,4-6,11-12H2,1-3H3/t15-,17+,21+/m0/s1. The minimum absolute atomic E-state index is 0.0164. The average Bonchev–Trinajstić information content (AvgIpc) is 3.20. The zero-order valence-electron chi connectivity index (χ0n) is 16.5. The molecule has 0 radical (unpaired) electrons. The molecule has 1 aromatic carbocycles. The second-order valence-corrected chi connectivity index (χ2v) is 10.2. The number of carbonyl (C=O) groups excluding carboxylic acids is 2. The number of hydrazone groups is 1. The average molecular weight is 445 g/mol. The molecule has 0 unspecified atom stereocenters. The van der Waals surface area contributed by atoms with Crippen LogP contribution >= 0.6 is 15.9 Å². The topological polar surface area (TPSA) is 56.2 Å². The lowest BCUT2D eigenvalue weighted by atomic mass is 9.70. The van der Waals surface area contributed by atoms with Gasteiger partial charge in [-0.15, -0.1) is 0 Å². The molecule has 5 rings (SSSR count). The van der Waals surface area contributed by atoms with E-state index in [0.29, 0.717) is 6.54 Å². The number of rotatable bonds is 1. The molecular weight excluding hydrogens is 420 g/mol. The highest BCUT2D eigenvalue weighted by atomic mass is 79.9. The van der Waals surface area contributed by atoms with Crippen LogP contribution in [0.4, 0.5) is 5.69 Å². The molecule has 1 saturated carbocycles. The number of hydrogen-bond donors (Lipinski definition) is 0. The fraction of sp³-hybridized carbons (Fsp3) is 0.571. The van der Waals surface area contributed by atoms with Crippen LogP contribution in [0.15, 0.2) is 33.8 Å². The van der Waals surface area contributed by atoms with Gasteiger partial charge in [-0.3, -0.25) is 14.5 Å². The van der Waals surface area contributed by atoms with Crippen LogP contribution in [0, 0.1) is 11.8 Å². The maximum absolute atomic E-state index is 13.5. The van der Waals surface area contributed by atoms with E-state index < -0.39 is 11.1 Å². The summed E-state index contributed by atoms with van der Waals surface area (Å²) < 4.78 is 1.01. The van der Waals surface area contributed by atoms with Crippen molar-refractivity contribution in [2.45, 2.75) is 57.5 Å². The predicted octanol–water partition coefficient (Wildman–Crippen LogP) is 3.57. The van der Waals surface area contributed by atoms with Gasteiger partial charge >= 0.3 is 0 Å². The van der Waals surface area contributed by atoms with Crippen LogP contribution in [0.1, 0.15) is 46.5 Å². The summed E-state index contributed by atoms with van der Waals surface area (Å²) in [4.78, 5) is 28.3. The van der Waals surface area contributed by atoms with Gasteiger partial charge in [0.25, 0.3) is 0 Å². The zero-order chi connectivity index (χ0) is 19.8. The van der Waals surface area contributed by atoms with Crippen molar-refractivity contribution < 1.29 is 9.59 Å². The molecule has 0 bridgehead atoms. The number of likely N-dealkylation sites (tertiary alicyclic amines) is 1. The Hall–Kier alpha value is -1.73. The van der Waals surface area contributed by atoms with Gasteiger partial charge in [-0.25, -0.2) is 0 Å². The molecule has 148 valence electrons. The highest BCUT2D eigenvalue weighted by Crippen LogP contribution is 2.55. The number of benzene rings is 1. The van der Waals surface area contributed by atoms with Crippen molar-refractivity contribution >= 4 is 39.1 Å². The Morgan fingerprint density at radius 2 is 1.82 bits per heavy atom. The van der Waals surface area contributed by atoms with Crippen molar-refractivity contribution in [3.8, 4) is 0 Å². The minimum atomic E-state index is -0.490. The Bertz CT molecular complexity index is 891. The Kier molecular flexibility index (Phi) is 3.85. The first kappa shape index (κ1) is 18.3. The number of amides is 2. The first-order chi connectivity index (χ1) is 13.2. The monoisotopic (exact) mass is 444 g/mol. The normalized spacial score (nSPS) is 32.5. The van der Waals surface area contributed by atoms with Crippen LogP contribution in [0.25, 0.3) is 0 Å². The van der Waals surface area contributed by atoms with Crippen molar-refractivity contribution in [3.63, 3.8) is 0 Å². The number of anilines is 1. The van der Waals surface area contributed by atoms with E-state index in [1.165, 1.54) is 4.90 Å². The lowest BCUT2D eigenvalue weighted by Gasteiger charge is -2.42. The van der Waals surface area contributed by atoms with Gasteiger partial charge in [0, 0.05) is 16.6 Å². The molecule has 1 aromatic rings. The predicted molar refractivity (Wildman–Crippen MR) is 111 cm³/mol. The summed E-state index contributed by atoms with van der Waals surface area (Å²) >= 11 is 3.49. The van der Waals surface area contributed by atoms with Crippen LogP contribution in [-0.2, 0) is 9.59 Å². The quantitative estimate of drug-likeness (QED) is 0.621. The molecule has 1 aliphatic carbocycles. The van der Waals surface area contributed by atoms with E-state index in [-0.39, 0.29) is 23.7 Å². The number of imide groups is 1. The second-order valence-electron chi connectivity index (χ2n) is 9.29. The van der Waals surface area contributed by atoms with Crippen LogP contribution in [-0.4, -0.2) is 45.1 Å². The number of nitrogens with zero attached hydrogens (tertiary/aromatic N) is 4. The first-order valence-electron chi connectivity index (χ1n) is 10.0. The summed E-state index contributed by atoms with van der Waals surface area (Å²) in [6.45, 7) is 6.37. The molecule has 3 aliphatic heterocycles. The number of halogens is 1. The molecule has 4 aliphatic rings. The van der Waals surface area contributed by atoms with Crippen molar-refractivity contribution in [1.29, 1.82) is 0 Å². The molecule has 28 heavy (non-hydrogen) atoms. The van der Waals surface area contributed by atoms with Gasteiger partial charge in [-0.1, -0.05) is 22.4 Å². The molecule has 2 amide bonds.